The molecule has 0 aromatic carbocycles. The van der Waals surface area contributed by atoms with Crippen LogP contribution >= 0.6 is 0 Å². The molecule has 0 amide bonds. The fourth-order valence-corrected chi connectivity index (χ4v) is 2.53. The van der Waals surface area contributed by atoms with Crippen molar-refractivity contribution in [1.82, 2.24) is 4.90 Å². The molecular weight excluding hydrogens is 178 g/mol. The molecule has 0 aromatic rings. The number of hydrogen-bond donors (Lipinski definition) is 0. The van der Waals surface area contributed by atoms with Gasteiger partial charge in [0.1, 0.15) is 0 Å². The molecule has 0 aliphatic carbocycles. The van der Waals surface area contributed by atoms with Crippen molar-refractivity contribution in [2.75, 3.05) is 19.7 Å². The van der Waals surface area contributed by atoms with Crippen molar-refractivity contribution < 1.29 is 9.53 Å². The van der Waals surface area contributed by atoms with Gasteiger partial charge in [-0.25, -0.2) is 0 Å². The monoisotopic (exact) mass is 197 g/mol. The number of likely N-dealkylation sites (tertiary alicyclic amines) is 1. The van der Waals surface area contributed by atoms with Crippen molar-refractivity contribution in [3.8, 4) is 0 Å². The van der Waals surface area contributed by atoms with E-state index >= 15 is 0 Å². The van der Waals surface area contributed by atoms with E-state index in [1.54, 1.807) is 0 Å². The number of hydrogen-bond acceptors (Lipinski definition) is 3. The lowest BCUT2D eigenvalue weighted by Crippen LogP contribution is -2.43. The normalized spacial score (nSPS) is 31.5. The maximum atomic E-state index is 11.4. The summed E-state index contributed by atoms with van der Waals surface area (Å²) in [4.78, 5) is 13.9. The minimum atomic E-state index is 0.0167. The predicted octanol–water partition coefficient (Wildman–Crippen LogP) is 1.42. The Morgan fingerprint density at radius 3 is 2.64 bits per heavy atom. The zero-order chi connectivity index (χ0) is 9.97. The van der Waals surface area contributed by atoms with E-state index in [0.29, 0.717) is 12.6 Å². The van der Waals surface area contributed by atoms with Crippen molar-refractivity contribution in [2.24, 2.45) is 5.92 Å². The summed E-state index contributed by atoms with van der Waals surface area (Å²) in [5.74, 6) is 0.149. The Kier molecular flexibility index (Phi) is 3.06. The van der Waals surface area contributed by atoms with Crippen LogP contribution in [-0.2, 0) is 9.53 Å². The molecule has 2 heterocycles. The van der Waals surface area contributed by atoms with Crippen LogP contribution in [0, 0.1) is 5.92 Å². The van der Waals surface area contributed by atoms with Crippen molar-refractivity contribution in [1.29, 1.82) is 0 Å². The van der Waals surface area contributed by atoms with Gasteiger partial charge in [-0.15, -0.1) is 0 Å². The van der Waals surface area contributed by atoms with Crippen LogP contribution in [-0.4, -0.2) is 36.6 Å². The fourth-order valence-electron chi connectivity index (χ4n) is 2.53. The molecule has 2 aliphatic heterocycles. The molecule has 14 heavy (non-hydrogen) atoms. The Balaban J connectivity index is 1.92. The Labute approximate surface area is 85.4 Å². The number of cyclic esters (lactones) is 1. The maximum Gasteiger partial charge on any atom is 0.310 e. The third-order valence-electron chi connectivity index (χ3n) is 3.52. The summed E-state index contributed by atoms with van der Waals surface area (Å²) in [6, 6.07) is 0.380. The summed E-state index contributed by atoms with van der Waals surface area (Å²) in [5, 5.41) is 0. The highest BCUT2D eigenvalue weighted by molar-refractivity contribution is 5.74. The number of piperidine rings is 1. The summed E-state index contributed by atoms with van der Waals surface area (Å²) < 4.78 is 5.01. The van der Waals surface area contributed by atoms with Crippen LogP contribution < -0.4 is 0 Å². The number of carbonyl (C=O) groups is 1. The van der Waals surface area contributed by atoms with E-state index in [0.717, 1.165) is 19.5 Å². The third-order valence-corrected chi connectivity index (χ3v) is 3.52. The predicted molar refractivity (Wildman–Crippen MR) is 54.0 cm³/mol. The van der Waals surface area contributed by atoms with E-state index in [9.17, 15) is 4.79 Å². The first-order chi connectivity index (χ1) is 6.79. The van der Waals surface area contributed by atoms with Crippen molar-refractivity contribution in [3.63, 3.8) is 0 Å². The second kappa shape index (κ2) is 4.30. The lowest BCUT2D eigenvalue weighted by molar-refractivity contribution is -0.142. The van der Waals surface area contributed by atoms with Crippen LogP contribution in [0.25, 0.3) is 0 Å². The van der Waals surface area contributed by atoms with E-state index in [1.165, 1.54) is 19.3 Å². The summed E-state index contributed by atoms with van der Waals surface area (Å²) >= 11 is 0. The van der Waals surface area contributed by atoms with Crippen molar-refractivity contribution in [2.45, 2.75) is 38.6 Å². The highest BCUT2D eigenvalue weighted by Crippen LogP contribution is 2.24. The van der Waals surface area contributed by atoms with Gasteiger partial charge >= 0.3 is 5.97 Å². The zero-order valence-corrected chi connectivity index (χ0v) is 8.87. The lowest BCUT2D eigenvalue weighted by Gasteiger charge is -2.34. The molecule has 0 bridgehead atoms. The Hall–Kier alpha value is -0.570. The Bertz CT molecular complexity index is 211. The molecule has 80 valence electrons. The molecule has 2 fully saturated rings. The van der Waals surface area contributed by atoms with E-state index in [1.807, 2.05) is 0 Å². The van der Waals surface area contributed by atoms with Gasteiger partial charge in [-0.3, -0.25) is 9.69 Å². The van der Waals surface area contributed by atoms with Crippen molar-refractivity contribution >= 4 is 5.97 Å². The van der Waals surface area contributed by atoms with Gasteiger partial charge in [0, 0.05) is 6.04 Å². The molecule has 2 saturated heterocycles. The van der Waals surface area contributed by atoms with E-state index in [4.69, 9.17) is 4.74 Å². The fraction of sp³-hybridized carbons (Fsp3) is 0.909. The largest absolute Gasteiger partial charge is 0.465 e. The van der Waals surface area contributed by atoms with E-state index in [2.05, 4.69) is 11.8 Å². The molecule has 2 rings (SSSR count). The molecule has 0 spiro atoms. The number of carbonyl (C=O) groups excluding carboxylic acids is 1. The van der Waals surface area contributed by atoms with Gasteiger partial charge in [0.15, 0.2) is 0 Å². The summed E-state index contributed by atoms with van der Waals surface area (Å²) in [6.45, 7) is 5.11. The number of rotatable bonds is 2. The minimum Gasteiger partial charge on any atom is -0.465 e. The van der Waals surface area contributed by atoms with Gasteiger partial charge in [-0.05, 0) is 39.3 Å². The first-order valence-corrected chi connectivity index (χ1v) is 5.70. The molecule has 3 heteroatoms. The minimum absolute atomic E-state index is 0.0167. The second-order valence-electron chi connectivity index (χ2n) is 4.40. The SMILES string of the molecule is CC(C1CCOC1=O)N1CCCCC1. The van der Waals surface area contributed by atoms with Crippen molar-refractivity contribution in [3.05, 3.63) is 0 Å². The van der Waals surface area contributed by atoms with Crippen LogP contribution in [0.1, 0.15) is 32.6 Å². The van der Waals surface area contributed by atoms with E-state index in [-0.39, 0.29) is 11.9 Å². The van der Waals surface area contributed by atoms with Gasteiger partial charge in [0.05, 0.1) is 12.5 Å². The lowest BCUT2D eigenvalue weighted by atomic mass is 9.96. The van der Waals surface area contributed by atoms with Gasteiger partial charge in [0.2, 0.25) is 0 Å². The Morgan fingerprint density at radius 2 is 2.07 bits per heavy atom. The van der Waals surface area contributed by atoms with Crippen LogP contribution in [0.2, 0.25) is 0 Å². The second-order valence-corrected chi connectivity index (χ2v) is 4.40. The summed E-state index contributed by atoms with van der Waals surface area (Å²) in [5.41, 5.74) is 0. The number of ether oxygens (including phenoxy) is 1. The average Bonchev–Trinajstić information content (AvgIpc) is 2.65. The number of nitrogens with zero attached hydrogens (tertiary/aromatic N) is 1. The summed E-state index contributed by atoms with van der Waals surface area (Å²) in [7, 11) is 0. The van der Waals surface area contributed by atoms with Gasteiger partial charge in [-0.1, -0.05) is 6.42 Å². The molecule has 3 nitrogen and oxygen atoms in total. The van der Waals surface area contributed by atoms with Gasteiger partial charge in [0.25, 0.3) is 0 Å². The van der Waals surface area contributed by atoms with Gasteiger partial charge < -0.3 is 4.74 Å². The number of esters is 1. The molecule has 0 aromatic heterocycles. The standard InChI is InChI=1S/C11H19NO2/c1-9(10-5-8-14-11(10)13)12-6-3-2-4-7-12/h9-10H,2-8H2,1H3. The highest BCUT2D eigenvalue weighted by Gasteiger charge is 2.34. The van der Waals surface area contributed by atoms with Gasteiger partial charge in [-0.2, -0.15) is 0 Å². The molecular formula is C11H19NO2. The van der Waals surface area contributed by atoms with Crippen LogP contribution in [0.5, 0.6) is 0 Å². The highest BCUT2D eigenvalue weighted by atomic mass is 16.5. The Morgan fingerprint density at radius 1 is 1.36 bits per heavy atom. The summed E-state index contributed by atoms with van der Waals surface area (Å²) in [6.07, 6.45) is 4.83. The average molecular weight is 197 g/mol. The van der Waals surface area contributed by atoms with Crippen LogP contribution in [0.3, 0.4) is 0 Å². The van der Waals surface area contributed by atoms with E-state index < -0.39 is 0 Å². The van der Waals surface area contributed by atoms with Crippen LogP contribution in [0.4, 0.5) is 0 Å². The smallest absolute Gasteiger partial charge is 0.310 e. The molecule has 2 unspecified atom stereocenters. The third kappa shape index (κ3) is 1.92. The molecule has 2 aliphatic rings. The first kappa shape index (κ1) is 9.97. The maximum absolute atomic E-state index is 11.4. The molecule has 0 saturated carbocycles. The first-order valence-electron chi connectivity index (χ1n) is 5.70. The molecule has 0 N–H and O–H groups in total. The molecule has 2 atom stereocenters. The quantitative estimate of drug-likeness (QED) is 0.627. The zero-order valence-electron chi connectivity index (χ0n) is 8.87. The topological polar surface area (TPSA) is 29.5 Å². The van der Waals surface area contributed by atoms with Crippen LogP contribution in [0.15, 0.2) is 0 Å². The molecule has 0 radical (unpaired) electrons.